The summed E-state index contributed by atoms with van der Waals surface area (Å²) in [6.07, 6.45) is 3.45. The summed E-state index contributed by atoms with van der Waals surface area (Å²) in [5, 5.41) is 6.42. The van der Waals surface area contributed by atoms with Crippen molar-refractivity contribution in [3.8, 4) is 5.69 Å². The van der Waals surface area contributed by atoms with E-state index in [-0.39, 0.29) is 0 Å². The van der Waals surface area contributed by atoms with Crippen LogP contribution in [0.4, 0.5) is 0 Å². The number of aromatic nitrogens is 4. The lowest BCUT2D eigenvalue weighted by molar-refractivity contribution is 0.893. The summed E-state index contributed by atoms with van der Waals surface area (Å²) >= 11 is 6.95. The largest absolute Gasteiger partial charge is 0.229 e. The van der Waals surface area contributed by atoms with Crippen molar-refractivity contribution in [2.45, 2.75) is 10.8 Å². The van der Waals surface area contributed by atoms with Crippen LogP contribution in [0.5, 0.6) is 0 Å². The topological polar surface area (TPSA) is 43.6 Å². The number of hydrogen-bond donors (Lipinski definition) is 0. The average Bonchev–Trinajstić information content (AvgIpc) is 3.20. The van der Waals surface area contributed by atoms with Gasteiger partial charge in [-0.25, -0.2) is 14.6 Å². The summed E-state index contributed by atoms with van der Waals surface area (Å²) in [4.78, 5) is 10.1. The molecule has 0 amide bonds. The van der Waals surface area contributed by atoms with E-state index in [9.17, 15) is 0 Å². The molecular weight excluding hydrogens is 392 g/mol. The average molecular weight is 403 g/mol. The monoisotopic (exact) mass is 402 g/mol. The molecule has 3 heterocycles. The molecule has 4 aromatic rings. The predicted octanol–water partition coefficient (Wildman–Crippen LogP) is 4.93. The number of halogens is 1. The van der Waals surface area contributed by atoms with Gasteiger partial charge in [0, 0.05) is 10.6 Å². The fourth-order valence-corrected chi connectivity index (χ4v) is 4.75. The lowest BCUT2D eigenvalue weighted by atomic mass is 10.3. The Kier molecular flexibility index (Phi) is 4.15. The zero-order chi connectivity index (χ0) is 15.6. The Labute approximate surface area is 149 Å². The summed E-state index contributed by atoms with van der Waals surface area (Å²) in [5.41, 5.74) is 1.83. The van der Waals surface area contributed by atoms with Crippen LogP contribution < -0.4 is 0 Å². The van der Waals surface area contributed by atoms with Gasteiger partial charge in [-0.1, -0.05) is 30.0 Å². The number of para-hydroxylation sites is 1. The number of benzene rings is 1. The number of hydrogen-bond acceptors (Lipinski definition) is 5. The van der Waals surface area contributed by atoms with Crippen molar-refractivity contribution in [3.05, 3.63) is 63.7 Å². The van der Waals surface area contributed by atoms with Crippen LogP contribution in [0.15, 0.2) is 63.8 Å². The molecule has 0 atom stereocenters. The quantitative estimate of drug-likeness (QED) is 0.358. The second-order valence-corrected chi connectivity index (χ2v) is 8.31. The molecule has 0 aliphatic carbocycles. The Bertz CT molecular complexity index is 949. The van der Waals surface area contributed by atoms with Crippen LogP contribution in [-0.4, -0.2) is 19.7 Å². The molecule has 0 unspecified atom stereocenters. The van der Waals surface area contributed by atoms with Crippen molar-refractivity contribution in [1.82, 2.24) is 19.7 Å². The molecule has 0 spiro atoms. The molecule has 0 aliphatic heterocycles. The number of rotatable bonds is 4. The normalized spacial score (nSPS) is 11.2. The first-order valence-electron chi connectivity index (χ1n) is 6.92. The molecule has 3 aromatic heterocycles. The van der Waals surface area contributed by atoms with Gasteiger partial charge >= 0.3 is 0 Å². The van der Waals surface area contributed by atoms with Gasteiger partial charge in [0.25, 0.3) is 0 Å². The molecule has 0 bridgehead atoms. The molecule has 0 saturated heterocycles. The second kappa shape index (κ2) is 6.43. The van der Waals surface area contributed by atoms with Crippen molar-refractivity contribution in [2.75, 3.05) is 0 Å². The molecule has 0 saturated carbocycles. The zero-order valence-corrected chi connectivity index (χ0v) is 15.1. The third-order valence-electron chi connectivity index (χ3n) is 3.31. The summed E-state index contributed by atoms with van der Waals surface area (Å²) in [6.45, 7) is 0. The minimum atomic E-state index is 0.834. The van der Waals surface area contributed by atoms with E-state index >= 15 is 0 Å². The first kappa shape index (κ1) is 14.9. The van der Waals surface area contributed by atoms with Crippen LogP contribution in [0.3, 0.4) is 0 Å². The molecule has 4 rings (SSSR count). The Balaban J connectivity index is 1.67. The maximum Gasteiger partial charge on any atom is 0.167 e. The third kappa shape index (κ3) is 3.04. The van der Waals surface area contributed by atoms with E-state index in [1.807, 2.05) is 41.2 Å². The van der Waals surface area contributed by atoms with E-state index in [4.69, 9.17) is 0 Å². The lowest BCUT2D eigenvalue weighted by Gasteiger charge is -2.03. The highest BCUT2D eigenvalue weighted by Crippen LogP contribution is 2.31. The molecule has 0 N–H and O–H groups in total. The molecule has 114 valence electrons. The number of nitrogens with zero attached hydrogens (tertiary/aromatic N) is 4. The van der Waals surface area contributed by atoms with Crippen LogP contribution in [0.1, 0.15) is 4.88 Å². The van der Waals surface area contributed by atoms with Gasteiger partial charge in [-0.2, -0.15) is 5.10 Å². The van der Waals surface area contributed by atoms with Crippen molar-refractivity contribution in [2.24, 2.45) is 0 Å². The van der Waals surface area contributed by atoms with Gasteiger partial charge in [-0.05, 0) is 40.2 Å². The van der Waals surface area contributed by atoms with Crippen LogP contribution in [0.25, 0.3) is 16.7 Å². The summed E-state index contributed by atoms with van der Waals surface area (Å²) in [7, 11) is 0. The van der Waals surface area contributed by atoms with E-state index in [1.54, 1.807) is 29.4 Å². The van der Waals surface area contributed by atoms with Gasteiger partial charge in [0.1, 0.15) is 11.4 Å². The van der Waals surface area contributed by atoms with Gasteiger partial charge < -0.3 is 0 Å². The van der Waals surface area contributed by atoms with Gasteiger partial charge in [-0.15, -0.1) is 11.3 Å². The van der Waals surface area contributed by atoms with Crippen molar-refractivity contribution in [1.29, 1.82) is 0 Å². The standard InChI is InChI=1S/C16H11BrN4S2/c17-14-7-6-12(23-14)9-22-16-13-8-20-21(15(13)18-10-19-16)11-4-2-1-3-5-11/h1-8,10H,9H2. The highest BCUT2D eigenvalue weighted by Gasteiger charge is 2.11. The van der Waals surface area contributed by atoms with E-state index < -0.39 is 0 Å². The Morgan fingerprint density at radius 2 is 1.96 bits per heavy atom. The minimum absolute atomic E-state index is 0.834. The number of fused-ring (bicyclic) bond motifs is 1. The molecule has 23 heavy (non-hydrogen) atoms. The fourth-order valence-electron chi connectivity index (χ4n) is 2.26. The highest BCUT2D eigenvalue weighted by atomic mass is 79.9. The molecule has 0 radical (unpaired) electrons. The van der Waals surface area contributed by atoms with Crippen molar-refractivity contribution >= 4 is 50.1 Å². The lowest BCUT2D eigenvalue weighted by Crippen LogP contribution is -1.97. The smallest absolute Gasteiger partial charge is 0.167 e. The van der Waals surface area contributed by atoms with E-state index in [2.05, 4.69) is 43.1 Å². The van der Waals surface area contributed by atoms with Gasteiger partial charge in [0.2, 0.25) is 0 Å². The molecule has 1 aromatic carbocycles. The van der Waals surface area contributed by atoms with Crippen molar-refractivity contribution in [3.63, 3.8) is 0 Å². The molecule has 4 nitrogen and oxygen atoms in total. The molecule has 0 aliphatic rings. The van der Waals surface area contributed by atoms with E-state index in [0.29, 0.717) is 0 Å². The summed E-state index contributed by atoms with van der Waals surface area (Å²) in [5.74, 6) is 0.888. The van der Waals surface area contributed by atoms with E-state index in [1.165, 1.54) is 4.88 Å². The number of thiophene rings is 1. The predicted molar refractivity (Wildman–Crippen MR) is 98.2 cm³/mol. The summed E-state index contributed by atoms with van der Waals surface area (Å²) in [6, 6.07) is 14.2. The first-order chi connectivity index (χ1) is 11.3. The fraction of sp³-hybridized carbons (Fsp3) is 0.0625. The Hall–Kier alpha value is -1.70. The van der Waals surface area contributed by atoms with Crippen LogP contribution in [-0.2, 0) is 5.75 Å². The maximum absolute atomic E-state index is 4.48. The van der Waals surface area contributed by atoms with Gasteiger partial charge in [-0.3, -0.25) is 0 Å². The second-order valence-electron chi connectivity index (χ2n) is 4.80. The Morgan fingerprint density at radius 1 is 1.09 bits per heavy atom. The maximum atomic E-state index is 4.48. The van der Waals surface area contributed by atoms with Crippen LogP contribution >= 0.6 is 39.0 Å². The van der Waals surface area contributed by atoms with Crippen LogP contribution in [0.2, 0.25) is 0 Å². The number of thioether (sulfide) groups is 1. The van der Waals surface area contributed by atoms with Crippen molar-refractivity contribution < 1.29 is 0 Å². The summed E-state index contributed by atoms with van der Waals surface area (Å²) < 4.78 is 3.00. The molecule has 7 heteroatoms. The van der Waals surface area contributed by atoms with Gasteiger partial charge in [0.15, 0.2) is 5.65 Å². The molecular formula is C16H11BrN4S2. The highest BCUT2D eigenvalue weighted by molar-refractivity contribution is 9.11. The SMILES string of the molecule is Brc1ccc(CSc2ncnc3c2cnn3-c2ccccc2)s1. The van der Waals surface area contributed by atoms with Gasteiger partial charge in [0.05, 0.1) is 21.1 Å². The first-order valence-corrected chi connectivity index (χ1v) is 9.52. The van der Waals surface area contributed by atoms with Crippen LogP contribution in [0, 0.1) is 0 Å². The zero-order valence-electron chi connectivity index (χ0n) is 11.9. The van der Waals surface area contributed by atoms with E-state index in [0.717, 1.165) is 31.3 Å². The molecule has 0 fully saturated rings. The minimum Gasteiger partial charge on any atom is -0.229 e. The Morgan fingerprint density at radius 3 is 2.74 bits per heavy atom. The third-order valence-corrected chi connectivity index (χ3v) is 6.17.